The van der Waals surface area contributed by atoms with Gasteiger partial charge in [-0.3, -0.25) is 4.55 Å². The zero-order chi connectivity index (χ0) is 40.8. The van der Waals surface area contributed by atoms with Crippen molar-refractivity contribution in [2.75, 3.05) is 13.2 Å². The van der Waals surface area contributed by atoms with Crippen LogP contribution in [0.5, 0.6) is 0 Å². The summed E-state index contributed by atoms with van der Waals surface area (Å²) in [7, 11) is -4.79. The highest BCUT2D eigenvalue weighted by atomic mass is 32.2. The number of hydrogen-bond acceptors (Lipinski definition) is 6. The van der Waals surface area contributed by atoms with Gasteiger partial charge in [-0.2, -0.15) is 8.42 Å². The third-order valence-corrected chi connectivity index (χ3v) is 11.4. The Morgan fingerprint density at radius 2 is 0.804 bits per heavy atom. The van der Waals surface area contributed by atoms with Crippen LogP contribution in [-0.2, 0) is 19.6 Å². The van der Waals surface area contributed by atoms with E-state index in [9.17, 15) is 22.6 Å². The number of esters is 2. The van der Waals surface area contributed by atoms with Gasteiger partial charge in [0.25, 0.3) is 10.1 Å². The first-order valence-corrected chi connectivity index (χ1v) is 24.5. The first-order valence-electron chi connectivity index (χ1n) is 23.1. The number of unbranched alkanes of at least 4 members (excludes halogenated alkanes) is 28. The molecular weight excluding hydrogens is 721 g/mol. The summed E-state index contributed by atoms with van der Waals surface area (Å²) in [5.74, 6) is -1.82. The number of benzene rings is 1. The molecule has 1 N–H and O–H groups in total. The molecule has 0 fully saturated rings. The molecule has 0 amide bonds. The van der Waals surface area contributed by atoms with E-state index in [1.165, 1.54) is 179 Å². The second kappa shape index (κ2) is 36.9. The molecule has 0 saturated heterocycles. The van der Waals surface area contributed by atoms with Crippen molar-refractivity contribution >= 4 is 22.1 Å². The Balaban J connectivity index is 2.25. The minimum Gasteiger partial charge on any atom is -0.462 e. The highest BCUT2D eigenvalue weighted by molar-refractivity contribution is 7.86. The molecule has 322 valence electrons. The Hall–Kier alpha value is -2.45. The summed E-state index contributed by atoms with van der Waals surface area (Å²) < 4.78 is 44.7. The van der Waals surface area contributed by atoms with Crippen molar-refractivity contribution < 1.29 is 32.0 Å². The van der Waals surface area contributed by atoms with Crippen molar-refractivity contribution in [2.24, 2.45) is 0 Å². The highest BCUT2D eigenvalue weighted by Crippen LogP contribution is 2.23. The zero-order valence-electron chi connectivity index (χ0n) is 35.9. The van der Waals surface area contributed by atoms with Crippen molar-refractivity contribution in [3.05, 3.63) is 53.6 Å². The predicted octanol–water partition coefficient (Wildman–Crippen LogP) is 14.9. The van der Waals surface area contributed by atoms with Crippen LogP contribution in [0, 0.1) is 0 Å². The van der Waals surface area contributed by atoms with Crippen molar-refractivity contribution in [3.63, 3.8) is 0 Å². The maximum Gasteiger partial charge on any atom is 0.340 e. The third kappa shape index (κ3) is 28.9. The van der Waals surface area contributed by atoms with E-state index in [2.05, 4.69) is 26.0 Å². The van der Waals surface area contributed by atoms with Crippen molar-refractivity contribution in [2.45, 2.75) is 224 Å². The molecule has 0 aliphatic heterocycles. The van der Waals surface area contributed by atoms with Crippen molar-refractivity contribution in [1.82, 2.24) is 0 Å². The number of carbonyl (C=O) groups is 2. The summed E-state index contributed by atoms with van der Waals surface area (Å²) in [6.07, 6.45) is 48.3. The van der Waals surface area contributed by atoms with Crippen LogP contribution in [0.15, 0.2) is 47.4 Å². The lowest BCUT2D eigenvalue weighted by Gasteiger charge is -2.12. The van der Waals surface area contributed by atoms with Gasteiger partial charge in [-0.05, 0) is 50.7 Å². The Bertz CT molecular complexity index is 1270. The molecule has 0 radical (unpaired) electrons. The van der Waals surface area contributed by atoms with E-state index >= 15 is 0 Å². The van der Waals surface area contributed by atoms with Crippen LogP contribution in [0.2, 0.25) is 0 Å². The minimum absolute atomic E-state index is 0.0203. The monoisotopic (exact) mass is 803 g/mol. The van der Waals surface area contributed by atoms with Gasteiger partial charge in [0.1, 0.15) is 4.90 Å². The fourth-order valence-electron chi connectivity index (χ4n) is 7.10. The van der Waals surface area contributed by atoms with E-state index in [0.29, 0.717) is 12.8 Å². The van der Waals surface area contributed by atoms with Crippen LogP contribution in [0.3, 0.4) is 0 Å². The summed E-state index contributed by atoms with van der Waals surface area (Å²) in [5, 5.41) is 0. The molecule has 8 heteroatoms. The molecule has 0 aromatic heterocycles. The van der Waals surface area contributed by atoms with E-state index in [0.717, 1.165) is 31.7 Å². The second-order valence-electron chi connectivity index (χ2n) is 15.7. The van der Waals surface area contributed by atoms with Crippen LogP contribution in [0.4, 0.5) is 0 Å². The Morgan fingerprint density at radius 3 is 1.16 bits per heavy atom. The average Bonchev–Trinajstić information content (AvgIpc) is 3.18. The number of rotatable bonds is 39. The van der Waals surface area contributed by atoms with Gasteiger partial charge in [-0.15, -0.1) is 0 Å². The Morgan fingerprint density at radius 1 is 0.482 bits per heavy atom. The van der Waals surface area contributed by atoms with Gasteiger partial charge in [-0.25, -0.2) is 9.59 Å². The first-order chi connectivity index (χ1) is 27.3. The SMILES string of the molecule is CCCCCCCCCCCCCCCC/C=C/CCOC(=O)c1cccc(S(=O)(=O)O)c1C(=O)OCC/C=C/CCCCCCCCCCCCCCCC. The lowest BCUT2D eigenvalue weighted by molar-refractivity contribution is 0.0460. The lowest BCUT2D eigenvalue weighted by Crippen LogP contribution is -2.19. The average molecular weight is 803 g/mol. The molecule has 1 aromatic carbocycles. The Labute approximate surface area is 344 Å². The van der Waals surface area contributed by atoms with E-state index in [1.807, 2.05) is 12.2 Å². The zero-order valence-corrected chi connectivity index (χ0v) is 36.7. The van der Waals surface area contributed by atoms with E-state index in [-0.39, 0.29) is 18.8 Å². The van der Waals surface area contributed by atoms with Gasteiger partial charge in [0.05, 0.1) is 24.3 Å². The molecular formula is C48H82O7S. The molecule has 0 saturated carbocycles. The highest BCUT2D eigenvalue weighted by Gasteiger charge is 2.28. The summed E-state index contributed by atoms with van der Waals surface area (Å²) in [5.41, 5.74) is -0.746. The molecule has 0 heterocycles. The van der Waals surface area contributed by atoms with Crippen molar-refractivity contribution in [3.8, 4) is 0 Å². The molecule has 7 nitrogen and oxygen atoms in total. The van der Waals surface area contributed by atoms with Gasteiger partial charge in [0.2, 0.25) is 0 Å². The second-order valence-corrected chi connectivity index (χ2v) is 17.1. The predicted molar refractivity (Wildman–Crippen MR) is 234 cm³/mol. The van der Waals surface area contributed by atoms with Crippen molar-refractivity contribution in [1.29, 1.82) is 0 Å². The van der Waals surface area contributed by atoms with Crippen LogP contribution in [-0.4, -0.2) is 38.1 Å². The molecule has 1 rings (SSSR count). The molecule has 0 bridgehead atoms. The van der Waals surface area contributed by atoms with Gasteiger partial charge < -0.3 is 9.47 Å². The maximum absolute atomic E-state index is 13.0. The molecule has 0 spiro atoms. The summed E-state index contributed by atoms with van der Waals surface area (Å²) >= 11 is 0. The quantitative estimate of drug-likeness (QED) is 0.0306. The van der Waals surface area contributed by atoms with Crippen LogP contribution in [0.1, 0.15) is 240 Å². The number of allylic oxidation sites excluding steroid dienone is 2. The minimum atomic E-state index is -4.79. The fraction of sp³-hybridized carbons (Fsp3) is 0.750. The smallest absolute Gasteiger partial charge is 0.340 e. The number of carbonyl (C=O) groups excluding carboxylic acids is 2. The van der Waals surface area contributed by atoms with Crippen LogP contribution >= 0.6 is 0 Å². The standard InChI is InChI=1S/C48H82O7S/c1-3-5-7-9-11-13-15-17-19-21-23-25-27-29-31-33-35-37-42-54-47(49)44-40-39-41-45(56(51,52)53)46(44)48(50)55-43-38-36-34-32-30-28-26-24-22-20-18-16-14-12-10-8-6-4-2/h33-36,39-41H,3-32,37-38,42-43H2,1-2H3,(H,51,52,53)/b35-33+,36-34+. The summed E-state index contributed by atoms with van der Waals surface area (Å²) in [4.78, 5) is 25.3. The van der Waals surface area contributed by atoms with E-state index < -0.39 is 32.5 Å². The van der Waals surface area contributed by atoms with E-state index in [4.69, 9.17) is 9.47 Å². The summed E-state index contributed by atoms with van der Waals surface area (Å²) in [6.45, 7) is 4.63. The molecule has 0 unspecified atom stereocenters. The van der Waals surface area contributed by atoms with Gasteiger partial charge in [-0.1, -0.05) is 211 Å². The molecule has 1 aromatic rings. The molecule has 0 aliphatic rings. The van der Waals surface area contributed by atoms with Gasteiger partial charge >= 0.3 is 11.9 Å². The van der Waals surface area contributed by atoms with Gasteiger partial charge in [0, 0.05) is 0 Å². The number of ether oxygens (including phenoxy) is 2. The lowest BCUT2D eigenvalue weighted by atomic mass is 10.0. The molecule has 0 atom stereocenters. The summed E-state index contributed by atoms with van der Waals surface area (Å²) in [6, 6.07) is 3.70. The topological polar surface area (TPSA) is 107 Å². The van der Waals surface area contributed by atoms with Gasteiger partial charge in [0.15, 0.2) is 0 Å². The Kier molecular flexibility index (Phi) is 33.9. The fourth-order valence-corrected chi connectivity index (χ4v) is 7.80. The molecule has 56 heavy (non-hydrogen) atoms. The largest absolute Gasteiger partial charge is 0.462 e. The van der Waals surface area contributed by atoms with Crippen LogP contribution < -0.4 is 0 Å². The maximum atomic E-state index is 13.0. The normalized spacial score (nSPS) is 11.9. The molecule has 0 aliphatic carbocycles. The number of hydrogen-bond donors (Lipinski definition) is 1. The van der Waals surface area contributed by atoms with Crippen LogP contribution in [0.25, 0.3) is 0 Å². The first kappa shape index (κ1) is 51.6. The van der Waals surface area contributed by atoms with E-state index in [1.54, 1.807) is 0 Å². The third-order valence-electron chi connectivity index (χ3n) is 10.5.